The Morgan fingerprint density at radius 1 is 1.13 bits per heavy atom. The summed E-state index contributed by atoms with van der Waals surface area (Å²) in [6, 6.07) is 14.0. The molecule has 1 N–H and O–H groups in total. The third-order valence-corrected chi connectivity index (χ3v) is 7.16. The molecule has 1 aliphatic rings. The average molecular weight is 469 g/mol. The summed E-state index contributed by atoms with van der Waals surface area (Å²) in [4.78, 5) is 8.82. The van der Waals surface area contributed by atoms with Crippen LogP contribution in [-0.2, 0) is 6.54 Å². The summed E-state index contributed by atoms with van der Waals surface area (Å²) in [6.07, 6.45) is 0. The number of thiocarbonyl (C=S) groups is 1. The Hall–Kier alpha value is -2.88. The van der Waals surface area contributed by atoms with E-state index in [0.717, 1.165) is 21.7 Å². The molecule has 0 saturated carbocycles. The third kappa shape index (κ3) is 3.91. The van der Waals surface area contributed by atoms with Crippen molar-refractivity contribution in [3.8, 4) is 10.7 Å². The largest absolute Gasteiger partial charge is 0.351 e. The van der Waals surface area contributed by atoms with E-state index in [1.54, 1.807) is 34.8 Å². The Bertz CT molecular complexity index is 1230. The van der Waals surface area contributed by atoms with Crippen molar-refractivity contribution in [1.29, 1.82) is 0 Å². The quantitative estimate of drug-likeness (QED) is 0.370. The number of halogens is 1. The second kappa shape index (κ2) is 8.33. The highest BCUT2D eigenvalue weighted by molar-refractivity contribution is 7.80. The Morgan fingerprint density at radius 3 is 2.61 bits per heavy atom. The minimum absolute atomic E-state index is 0.290. The molecule has 5 rings (SSSR count). The van der Waals surface area contributed by atoms with Crippen molar-refractivity contribution in [2.75, 3.05) is 0 Å². The summed E-state index contributed by atoms with van der Waals surface area (Å²) in [7, 11) is 0. The molecule has 4 heterocycles. The smallest absolute Gasteiger partial charge is 0.258 e. The van der Waals surface area contributed by atoms with Crippen molar-refractivity contribution < 1.29 is 8.91 Å². The molecule has 0 radical (unpaired) electrons. The van der Waals surface area contributed by atoms with Gasteiger partial charge in [0.1, 0.15) is 5.82 Å². The fourth-order valence-corrected chi connectivity index (χ4v) is 5.21. The van der Waals surface area contributed by atoms with E-state index in [1.807, 2.05) is 40.8 Å². The first-order chi connectivity index (χ1) is 15.1. The van der Waals surface area contributed by atoms with Crippen molar-refractivity contribution >= 4 is 45.6 Å². The molecule has 3 aromatic heterocycles. The Morgan fingerprint density at radius 2 is 1.90 bits per heavy atom. The summed E-state index contributed by atoms with van der Waals surface area (Å²) < 4.78 is 19.3. The van der Waals surface area contributed by atoms with Gasteiger partial charge in [-0.1, -0.05) is 29.4 Å². The van der Waals surface area contributed by atoms with Crippen LogP contribution in [0.4, 0.5) is 4.39 Å². The zero-order valence-corrected chi connectivity index (χ0v) is 18.9. The predicted molar refractivity (Wildman–Crippen MR) is 125 cm³/mol. The molecule has 156 valence electrons. The molecule has 1 aliphatic heterocycles. The van der Waals surface area contributed by atoms with Gasteiger partial charge in [-0.05, 0) is 59.7 Å². The zero-order valence-electron chi connectivity index (χ0n) is 16.4. The van der Waals surface area contributed by atoms with Crippen molar-refractivity contribution in [1.82, 2.24) is 20.4 Å². The highest BCUT2D eigenvalue weighted by Gasteiger charge is 2.34. The lowest BCUT2D eigenvalue weighted by Gasteiger charge is -2.37. The number of benzene rings is 1. The van der Waals surface area contributed by atoms with Crippen LogP contribution in [0.2, 0.25) is 0 Å². The van der Waals surface area contributed by atoms with Gasteiger partial charge in [0.05, 0.1) is 23.0 Å². The number of hydrogen-bond donors (Lipinski definition) is 1. The highest BCUT2D eigenvalue weighted by Crippen LogP contribution is 2.38. The fraction of sp³-hybridized carbons (Fsp3) is 0.136. The van der Waals surface area contributed by atoms with Crippen LogP contribution in [0.15, 0.2) is 69.5 Å². The van der Waals surface area contributed by atoms with Gasteiger partial charge in [-0.3, -0.25) is 0 Å². The molecule has 0 aliphatic carbocycles. The van der Waals surface area contributed by atoms with Gasteiger partial charge < -0.3 is 14.7 Å². The van der Waals surface area contributed by atoms with Crippen LogP contribution in [0.5, 0.6) is 0 Å². The van der Waals surface area contributed by atoms with Gasteiger partial charge in [-0.25, -0.2) is 4.39 Å². The number of aromatic nitrogens is 2. The number of nitrogens with one attached hydrogen (secondary N) is 1. The third-order valence-electron chi connectivity index (χ3n) is 5.09. The number of allylic oxidation sites excluding steroid dienone is 1. The van der Waals surface area contributed by atoms with Gasteiger partial charge in [-0.2, -0.15) is 4.98 Å². The molecule has 31 heavy (non-hydrogen) atoms. The fourth-order valence-electron chi connectivity index (χ4n) is 3.55. The van der Waals surface area contributed by atoms with Gasteiger partial charge in [0.2, 0.25) is 5.82 Å². The molecule has 0 amide bonds. The second-order valence-corrected chi connectivity index (χ2v) is 9.37. The van der Waals surface area contributed by atoms with Crippen molar-refractivity contribution in [2.24, 2.45) is 0 Å². The minimum atomic E-state index is -0.329. The first kappa shape index (κ1) is 20.0. The Balaban J connectivity index is 1.60. The monoisotopic (exact) mass is 468 g/mol. The maximum absolute atomic E-state index is 13.6. The van der Waals surface area contributed by atoms with Crippen molar-refractivity contribution in [3.05, 3.63) is 87.1 Å². The normalized spacial score (nSPS) is 16.6. The van der Waals surface area contributed by atoms with Crippen LogP contribution in [0, 0.1) is 5.82 Å². The van der Waals surface area contributed by atoms with Gasteiger partial charge in [0.15, 0.2) is 5.11 Å². The summed E-state index contributed by atoms with van der Waals surface area (Å²) in [5.41, 5.74) is 2.62. The van der Waals surface area contributed by atoms with Gasteiger partial charge in [0.25, 0.3) is 5.89 Å². The van der Waals surface area contributed by atoms with Gasteiger partial charge >= 0.3 is 0 Å². The molecule has 1 aromatic carbocycles. The van der Waals surface area contributed by atoms with Crippen molar-refractivity contribution in [3.63, 3.8) is 0 Å². The molecule has 9 heteroatoms. The van der Waals surface area contributed by atoms with Crippen LogP contribution >= 0.6 is 34.9 Å². The highest BCUT2D eigenvalue weighted by atomic mass is 32.1. The summed E-state index contributed by atoms with van der Waals surface area (Å²) in [6.45, 7) is 2.64. The molecular weight excluding hydrogens is 451 g/mol. The van der Waals surface area contributed by atoms with E-state index in [2.05, 4.69) is 21.5 Å². The Labute approximate surface area is 191 Å². The molecule has 4 aromatic rings. The summed E-state index contributed by atoms with van der Waals surface area (Å²) in [5.74, 6) is 0.670. The predicted octanol–water partition coefficient (Wildman–Crippen LogP) is 5.86. The summed E-state index contributed by atoms with van der Waals surface area (Å²) >= 11 is 8.93. The number of rotatable bonds is 5. The topological polar surface area (TPSA) is 54.2 Å². The van der Waals surface area contributed by atoms with E-state index in [1.165, 1.54) is 17.0 Å². The van der Waals surface area contributed by atoms with Crippen LogP contribution in [0.3, 0.4) is 0 Å². The lowest BCUT2D eigenvalue weighted by Crippen LogP contribution is -2.45. The number of thiophene rings is 2. The molecule has 0 bridgehead atoms. The Kier molecular flexibility index (Phi) is 5.39. The molecule has 0 saturated heterocycles. The van der Waals surface area contributed by atoms with Gasteiger partial charge in [-0.15, -0.1) is 22.7 Å². The first-order valence-corrected chi connectivity index (χ1v) is 11.7. The SMILES string of the molecule is CC1=C(c2nc(-c3cccs3)no2)C(c2ccc(F)cc2)NC(=S)N1Cc1cccs1. The molecule has 1 unspecified atom stereocenters. The molecule has 0 fully saturated rings. The van der Waals surface area contributed by atoms with Crippen LogP contribution in [0.1, 0.15) is 29.3 Å². The van der Waals surface area contributed by atoms with Crippen LogP contribution in [-0.4, -0.2) is 20.2 Å². The zero-order chi connectivity index (χ0) is 21.4. The van der Waals surface area contributed by atoms with E-state index in [4.69, 9.17) is 16.7 Å². The summed E-state index contributed by atoms with van der Waals surface area (Å²) in [5, 5.41) is 12.2. The molecule has 5 nitrogen and oxygen atoms in total. The average Bonchev–Trinajstić information content (AvgIpc) is 3.54. The van der Waals surface area contributed by atoms with Crippen LogP contribution < -0.4 is 5.32 Å². The van der Waals surface area contributed by atoms with E-state index >= 15 is 0 Å². The van der Waals surface area contributed by atoms with Crippen molar-refractivity contribution in [2.45, 2.75) is 19.5 Å². The number of nitrogens with zero attached hydrogens (tertiary/aromatic N) is 3. The van der Waals surface area contributed by atoms with E-state index in [0.29, 0.717) is 23.4 Å². The molecule has 0 spiro atoms. The van der Waals surface area contributed by atoms with E-state index in [-0.39, 0.29) is 11.9 Å². The standard InChI is InChI=1S/C22H17FN4OS3/c1-13-18(21-25-20(26-28-21)17-5-3-11-31-17)19(14-6-8-15(23)9-7-14)24-22(29)27(13)12-16-4-2-10-30-16/h2-11,19H,12H2,1H3,(H,24,29). The molecule has 1 atom stereocenters. The maximum Gasteiger partial charge on any atom is 0.258 e. The van der Waals surface area contributed by atoms with Gasteiger partial charge in [0, 0.05) is 10.6 Å². The van der Waals surface area contributed by atoms with E-state index in [9.17, 15) is 4.39 Å². The lowest BCUT2D eigenvalue weighted by molar-refractivity contribution is 0.396. The first-order valence-electron chi connectivity index (χ1n) is 9.55. The van der Waals surface area contributed by atoms with E-state index < -0.39 is 0 Å². The maximum atomic E-state index is 13.6. The van der Waals surface area contributed by atoms with Crippen LogP contribution in [0.25, 0.3) is 16.3 Å². The lowest BCUT2D eigenvalue weighted by atomic mass is 9.95. The minimum Gasteiger partial charge on any atom is -0.351 e. The molecular formula is C22H17FN4OS3. The number of hydrogen-bond acceptors (Lipinski definition) is 6. The second-order valence-electron chi connectivity index (χ2n) is 7.00.